The molecule has 1 aromatic rings. The summed E-state index contributed by atoms with van der Waals surface area (Å²) in [5, 5.41) is 10.5. The Balaban J connectivity index is 2.32. The van der Waals surface area contributed by atoms with Gasteiger partial charge in [0.05, 0.1) is 20.8 Å². The number of methoxy groups -OCH3 is 2. The van der Waals surface area contributed by atoms with Crippen molar-refractivity contribution in [3.8, 4) is 11.5 Å². The number of benzene rings is 1. The van der Waals surface area contributed by atoms with Crippen LogP contribution in [-0.4, -0.2) is 32.5 Å². The third-order valence-electron chi connectivity index (χ3n) is 3.14. The molecule has 1 heterocycles. The first-order valence-electron chi connectivity index (χ1n) is 5.72. The molecule has 0 amide bonds. The molecule has 1 fully saturated rings. The molecule has 0 spiro atoms. The Kier molecular flexibility index (Phi) is 3.54. The van der Waals surface area contributed by atoms with E-state index < -0.39 is 5.60 Å². The molecule has 17 heavy (non-hydrogen) atoms. The van der Waals surface area contributed by atoms with E-state index >= 15 is 0 Å². The Morgan fingerprint density at radius 2 is 2.00 bits per heavy atom. The Morgan fingerprint density at radius 1 is 1.24 bits per heavy atom. The van der Waals surface area contributed by atoms with Crippen LogP contribution in [0, 0.1) is 0 Å². The van der Waals surface area contributed by atoms with Crippen molar-refractivity contribution in [3.63, 3.8) is 0 Å². The minimum Gasteiger partial charge on any atom is -0.493 e. The molecule has 4 nitrogen and oxygen atoms in total. The Bertz CT molecular complexity index is 383. The molecule has 0 bridgehead atoms. The van der Waals surface area contributed by atoms with Crippen molar-refractivity contribution in [2.45, 2.75) is 18.4 Å². The second kappa shape index (κ2) is 4.94. The summed E-state index contributed by atoms with van der Waals surface area (Å²) in [5.41, 5.74) is -0.0903. The zero-order valence-corrected chi connectivity index (χ0v) is 10.2. The van der Waals surface area contributed by atoms with Crippen LogP contribution in [0.4, 0.5) is 0 Å². The SMILES string of the molecule is COc1ccc(C2(O)CCCOC2)cc1OC. The van der Waals surface area contributed by atoms with Crippen molar-refractivity contribution in [1.29, 1.82) is 0 Å². The van der Waals surface area contributed by atoms with E-state index in [9.17, 15) is 5.11 Å². The van der Waals surface area contributed by atoms with Crippen LogP contribution >= 0.6 is 0 Å². The van der Waals surface area contributed by atoms with E-state index in [-0.39, 0.29) is 0 Å². The summed E-state index contributed by atoms with van der Waals surface area (Å²) in [7, 11) is 3.18. The number of hydrogen-bond acceptors (Lipinski definition) is 4. The number of aliphatic hydroxyl groups is 1. The molecular formula is C13H18O4. The number of rotatable bonds is 3. The van der Waals surface area contributed by atoms with Crippen LogP contribution in [0.15, 0.2) is 18.2 Å². The lowest BCUT2D eigenvalue weighted by atomic mass is 9.88. The van der Waals surface area contributed by atoms with Crippen molar-refractivity contribution in [3.05, 3.63) is 23.8 Å². The van der Waals surface area contributed by atoms with E-state index in [2.05, 4.69) is 0 Å². The van der Waals surface area contributed by atoms with Crippen LogP contribution in [-0.2, 0) is 10.3 Å². The van der Waals surface area contributed by atoms with Crippen molar-refractivity contribution in [2.75, 3.05) is 27.4 Å². The molecule has 4 heteroatoms. The molecule has 1 unspecified atom stereocenters. The van der Waals surface area contributed by atoms with Gasteiger partial charge in [-0.3, -0.25) is 0 Å². The van der Waals surface area contributed by atoms with Gasteiger partial charge in [-0.05, 0) is 30.5 Å². The second-order valence-corrected chi connectivity index (χ2v) is 4.26. The Morgan fingerprint density at radius 3 is 2.59 bits per heavy atom. The molecule has 0 radical (unpaired) electrons. The van der Waals surface area contributed by atoms with Crippen LogP contribution < -0.4 is 9.47 Å². The summed E-state index contributed by atoms with van der Waals surface area (Å²) >= 11 is 0. The highest BCUT2D eigenvalue weighted by molar-refractivity contribution is 5.44. The molecule has 1 aromatic carbocycles. The van der Waals surface area contributed by atoms with E-state index in [4.69, 9.17) is 14.2 Å². The Hall–Kier alpha value is -1.26. The molecule has 1 atom stereocenters. The van der Waals surface area contributed by atoms with Gasteiger partial charge in [-0.2, -0.15) is 0 Å². The smallest absolute Gasteiger partial charge is 0.161 e. The predicted octanol–water partition coefficient (Wildman–Crippen LogP) is 1.70. The van der Waals surface area contributed by atoms with Crippen molar-refractivity contribution in [1.82, 2.24) is 0 Å². The van der Waals surface area contributed by atoms with Crippen LogP contribution in [0.2, 0.25) is 0 Å². The molecule has 1 aliphatic heterocycles. The summed E-state index contributed by atoms with van der Waals surface area (Å²) in [5.74, 6) is 1.29. The van der Waals surface area contributed by atoms with Crippen LogP contribution in [0.25, 0.3) is 0 Å². The molecule has 94 valence electrons. The fourth-order valence-corrected chi connectivity index (χ4v) is 2.13. The lowest BCUT2D eigenvalue weighted by molar-refractivity contribution is -0.0903. The fraction of sp³-hybridized carbons (Fsp3) is 0.538. The quantitative estimate of drug-likeness (QED) is 0.870. The molecule has 1 N–H and O–H groups in total. The minimum absolute atomic E-state index is 0.336. The molecular weight excluding hydrogens is 220 g/mol. The number of ether oxygens (including phenoxy) is 3. The van der Waals surface area contributed by atoms with E-state index in [1.165, 1.54) is 0 Å². The molecule has 0 aromatic heterocycles. The zero-order chi connectivity index (χ0) is 12.3. The van der Waals surface area contributed by atoms with Crippen LogP contribution in [0.1, 0.15) is 18.4 Å². The van der Waals surface area contributed by atoms with Crippen molar-refractivity contribution in [2.24, 2.45) is 0 Å². The van der Waals surface area contributed by atoms with Gasteiger partial charge >= 0.3 is 0 Å². The fourth-order valence-electron chi connectivity index (χ4n) is 2.13. The third kappa shape index (κ3) is 2.37. The minimum atomic E-state index is -0.905. The molecule has 0 saturated carbocycles. The highest BCUT2D eigenvalue weighted by Crippen LogP contribution is 2.36. The Labute approximate surface area is 101 Å². The molecule has 1 saturated heterocycles. The van der Waals surface area contributed by atoms with Gasteiger partial charge in [0.25, 0.3) is 0 Å². The maximum Gasteiger partial charge on any atom is 0.161 e. The topological polar surface area (TPSA) is 47.9 Å². The number of hydrogen-bond donors (Lipinski definition) is 1. The maximum atomic E-state index is 10.5. The van der Waals surface area contributed by atoms with Crippen LogP contribution in [0.3, 0.4) is 0 Å². The molecule has 2 rings (SSSR count). The van der Waals surface area contributed by atoms with Gasteiger partial charge < -0.3 is 19.3 Å². The summed E-state index contributed by atoms with van der Waals surface area (Å²) in [6.45, 7) is 1.05. The van der Waals surface area contributed by atoms with E-state index in [0.717, 1.165) is 18.6 Å². The zero-order valence-electron chi connectivity index (χ0n) is 10.2. The average molecular weight is 238 g/mol. The summed E-state index contributed by atoms with van der Waals surface area (Å²) in [6, 6.07) is 5.48. The second-order valence-electron chi connectivity index (χ2n) is 4.26. The van der Waals surface area contributed by atoms with Crippen molar-refractivity contribution < 1.29 is 19.3 Å². The van der Waals surface area contributed by atoms with E-state index in [1.807, 2.05) is 12.1 Å². The van der Waals surface area contributed by atoms with Crippen LogP contribution in [0.5, 0.6) is 11.5 Å². The van der Waals surface area contributed by atoms with Gasteiger partial charge in [0.2, 0.25) is 0 Å². The lowest BCUT2D eigenvalue weighted by Gasteiger charge is -2.32. The largest absolute Gasteiger partial charge is 0.493 e. The summed E-state index contributed by atoms with van der Waals surface area (Å²) in [4.78, 5) is 0. The predicted molar refractivity (Wildman–Crippen MR) is 63.5 cm³/mol. The molecule has 1 aliphatic rings. The van der Waals surface area contributed by atoms with Gasteiger partial charge in [-0.1, -0.05) is 6.07 Å². The van der Waals surface area contributed by atoms with Crippen molar-refractivity contribution >= 4 is 0 Å². The average Bonchev–Trinajstić information content (AvgIpc) is 2.38. The van der Waals surface area contributed by atoms with Gasteiger partial charge in [0.15, 0.2) is 11.5 Å². The van der Waals surface area contributed by atoms with Gasteiger partial charge in [0, 0.05) is 6.61 Å². The van der Waals surface area contributed by atoms with Gasteiger partial charge in [0.1, 0.15) is 5.60 Å². The third-order valence-corrected chi connectivity index (χ3v) is 3.14. The van der Waals surface area contributed by atoms with Gasteiger partial charge in [-0.25, -0.2) is 0 Å². The van der Waals surface area contributed by atoms with Gasteiger partial charge in [-0.15, -0.1) is 0 Å². The summed E-state index contributed by atoms with van der Waals surface area (Å²) in [6.07, 6.45) is 1.58. The highest BCUT2D eigenvalue weighted by atomic mass is 16.5. The van der Waals surface area contributed by atoms with E-state index in [0.29, 0.717) is 24.5 Å². The normalized spacial score (nSPS) is 24.4. The molecule has 0 aliphatic carbocycles. The maximum absolute atomic E-state index is 10.5. The summed E-state index contributed by atoms with van der Waals surface area (Å²) < 4.78 is 15.8. The first kappa shape index (κ1) is 12.2. The van der Waals surface area contributed by atoms with E-state index in [1.54, 1.807) is 20.3 Å². The lowest BCUT2D eigenvalue weighted by Crippen LogP contribution is -2.35. The monoisotopic (exact) mass is 238 g/mol. The first-order chi connectivity index (χ1) is 8.19. The highest BCUT2D eigenvalue weighted by Gasteiger charge is 2.32. The standard InChI is InChI=1S/C13H18O4/c1-15-11-5-4-10(8-12(11)16-2)13(14)6-3-7-17-9-13/h4-5,8,14H,3,6-7,9H2,1-2H3. The first-order valence-corrected chi connectivity index (χ1v) is 5.72.